The Hall–Kier alpha value is -0.130. The Bertz CT molecular complexity index is 329. The van der Waals surface area contributed by atoms with Crippen molar-refractivity contribution in [2.75, 3.05) is 19.6 Å². The van der Waals surface area contributed by atoms with Gasteiger partial charge in [0.2, 0.25) is 0 Å². The second-order valence-corrected chi connectivity index (χ2v) is 6.17. The van der Waals surface area contributed by atoms with Crippen molar-refractivity contribution in [3.8, 4) is 0 Å². The van der Waals surface area contributed by atoms with E-state index < -0.39 is 0 Å². The molecule has 2 N–H and O–H groups in total. The molecule has 1 aromatic rings. The molecule has 1 fully saturated rings. The van der Waals surface area contributed by atoms with Gasteiger partial charge in [0.1, 0.15) is 0 Å². The molecular weight excluding hydrogens is 323 g/mol. The van der Waals surface area contributed by atoms with Crippen LogP contribution in [0.15, 0.2) is 24.3 Å². The van der Waals surface area contributed by atoms with E-state index in [0.29, 0.717) is 0 Å². The summed E-state index contributed by atoms with van der Waals surface area (Å²) in [4.78, 5) is 2.56. The van der Waals surface area contributed by atoms with E-state index in [2.05, 4.69) is 51.8 Å². The van der Waals surface area contributed by atoms with Gasteiger partial charge in [-0.3, -0.25) is 4.90 Å². The van der Waals surface area contributed by atoms with Gasteiger partial charge >= 0.3 is 0 Å². The highest BCUT2D eigenvalue weighted by atomic mass is 127. The first kappa shape index (κ1) is 13.3. The summed E-state index contributed by atoms with van der Waals surface area (Å²) in [5, 5.41) is 0. The molecule has 0 aromatic heterocycles. The van der Waals surface area contributed by atoms with E-state index in [0.717, 1.165) is 19.0 Å². The number of nitrogens with zero attached hydrogens (tertiary/aromatic N) is 1. The maximum atomic E-state index is 5.62. The van der Waals surface area contributed by atoms with Gasteiger partial charge in [-0.2, -0.15) is 0 Å². The molecule has 0 unspecified atom stereocenters. The summed E-state index contributed by atoms with van der Waals surface area (Å²) in [5.41, 5.74) is 7.05. The van der Waals surface area contributed by atoms with E-state index in [4.69, 9.17) is 5.73 Å². The third kappa shape index (κ3) is 4.23. The fourth-order valence-corrected chi connectivity index (χ4v) is 2.88. The largest absolute Gasteiger partial charge is 0.330 e. The molecule has 94 valence electrons. The van der Waals surface area contributed by atoms with Crippen LogP contribution in [0.1, 0.15) is 24.8 Å². The van der Waals surface area contributed by atoms with Crippen molar-refractivity contribution in [1.29, 1.82) is 0 Å². The molecule has 0 saturated carbocycles. The van der Waals surface area contributed by atoms with Gasteiger partial charge in [0.15, 0.2) is 0 Å². The summed E-state index contributed by atoms with van der Waals surface area (Å²) in [7, 11) is 0. The molecule has 1 aliphatic rings. The Balaban J connectivity index is 1.79. The zero-order valence-electron chi connectivity index (χ0n) is 10.2. The van der Waals surface area contributed by atoms with Gasteiger partial charge in [-0.25, -0.2) is 0 Å². The number of halogens is 1. The summed E-state index contributed by atoms with van der Waals surface area (Å²) < 4.78 is 1.31. The lowest BCUT2D eigenvalue weighted by atomic mass is 9.93. The molecule has 3 heteroatoms. The zero-order valence-corrected chi connectivity index (χ0v) is 12.4. The smallest absolute Gasteiger partial charge is 0.0233 e. The molecule has 1 aromatic carbocycles. The van der Waals surface area contributed by atoms with E-state index in [1.54, 1.807) is 0 Å². The van der Waals surface area contributed by atoms with Crippen LogP contribution >= 0.6 is 22.6 Å². The second kappa shape index (κ2) is 6.71. The quantitative estimate of drug-likeness (QED) is 0.851. The highest BCUT2D eigenvalue weighted by molar-refractivity contribution is 14.1. The molecule has 0 bridgehead atoms. The van der Waals surface area contributed by atoms with Crippen LogP contribution in [0, 0.1) is 9.49 Å². The molecule has 17 heavy (non-hydrogen) atoms. The number of hydrogen-bond donors (Lipinski definition) is 1. The molecular formula is C14H21IN2. The first-order valence-corrected chi connectivity index (χ1v) is 7.52. The SMILES string of the molecule is NCCC1CCN(Cc2ccc(I)cc2)CC1. The number of likely N-dealkylation sites (tertiary alicyclic amines) is 1. The van der Waals surface area contributed by atoms with Crippen molar-refractivity contribution in [2.45, 2.75) is 25.8 Å². The third-order valence-electron chi connectivity index (χ3n) is 3.60. The predicted molar refractivity (Wildman–Crippen MR) is 80.8 cm³/mol. The first-order chi connectivity index (χ1) is 8.28. The summed E-state index contributed by atoms with van der Waals surface area (Å²) in [6.45, 7) is 4.42. The van der Waals surface area contributed by atoms with Crippen LogP contribution < -0.4 is 5.73 Å². The van der Waals surface area contributed by atoms with Gasteiger partial charge in [-0.15, -0.1) is 0 Å². The summed E-state index contributed by atoms with van der Waals surface area (Å²) >= 11 is 2.35. The predicted octanol–water partition coefficient (Wildman–Crippen LogP) is 2.85. The standard InChI is InChI=1S/C14H21IN2/c15-14-3-1-13(2-4-14)11-17-9-6-12(5-8-16)7-10-17/h1-4,12H,5-11,16H2. The topological polar surface area (TPSA) is 29.3 Å². The van der Waals surface area contributed by atoms with E-state index in [1.165, 1.54) is 41.5 Å². The minimum atomic E-state index is 0.849. The molecule has 2 nitrogen and oxygen atoms in total. The van der Waals surface area contributed by atoms with Crippen LogP contribution in [0.25, 0.3) is 0 Å². The molecule has 1 aliphatic heterocycles. The molecule has 0 radical (unpaired) electrons. The lowest BCUT2D eigenvalue weighted by molar-refractivity contribution is 0.173. The van der Waals surface area contributed by atoms with Gasteiger partial charge in [-0.1, -0.05) is 12.1 Å². The summed E-state index contributed by atoms with van der Waals surface area (Å²) in [6.07, 6.45) is 3.85. The molecule has 0 spiro atoms. The Morgan fingerprint density at radius 2 is 1.82 bits per heavy atom. The van der Waals surface area contributed by atoms with Crippen molar-refractivity contribution >= 4 is 22.6 Å². The maximum absolute atomic E-state index is 5.62. The minimum Gasteiger partial charge on any atom is -0.330 e. The lowest BCUT2D eigenvalue weighted by Crippen LogP contribution is -2.33. The zero-order chi connectivity index (χ0) is 12.1. The number of benzene rings is 1. The molecule has 1 heterocycles. The number of nitrogens with two attached hydrogens (primary N) is 1. The highest BCUT2D eigenvalue weighted by Crippen LogP contribution is 2.21. The minimum absolute atomic E-state index is 0.849. The van der Waals surface area contributed by atoms with Crippen molar-refractivity contribution < 1.29 is 0 Å². The van der Waals surface area contributed by atoms with E-state index in [9.17, 15) is 0 Å². The summed E-state index contributed by atoms with van der Waals surface area (Å²) in [5.74, 6) is 0.868. The van der Waals surface area contributed by atoms with E-state index >= 15 is 0 Å². The average molecular weight is 344 g/mol. The normalized spacial score (nSPS) is 18.5. The van der Waals surface area contributed by atoms with Crippen LogP contribution in [0.2, 0.25) is 0 Å². The molecule has 1 saturated heterocycles. The van der Waals surface area contributed by atoms with E-state index in [1.807, 2.05) is 0 Å². The number of piperidine rings is 1. The fraction of sp³-hybridized carbons (Fsp3) is 0.571. The fourth-order valence-electron chi connectivity index (χ4n) is 2.52. The van der Waals surface area contributed by atoms with Gasteiger partial charge in [0.05, 0.1) is 0 Å². The molecule has 2 rings (SSSR count). The Labute approximate surface area is 118 Å². The van der Waals surface area contributed by atoms with Crippen LogP contribution in [0.4, 0.5) is 0 Å². The highest BCUT2D eigenvalue weighted by Gasteiger charge is 2.18. The van der Waals surface area contributed by atoms with Crippen molar-refractivity contribution in [1.82, 2.24) is 4.90 Å². The Kier molecular flexibility index (Phi) is 5.25. The van der Waals surface area contributed by atoms with Crippen molar-refractivity contribution in [3.05, 3.63) is 33.4 Å². The monoisotopic (exact) mass is 344 g/mol. The van der Waals surface area contributed by atoms with Gasteiger partial charge in [-0.05, 0) is 85.1 Å². The first-order valence-electron chi connectivity index (χ1n) is 6.45. The Morgan fingerprint density at radius 3 is 2.41 bits per heavy atom. The van der Waals surface area contributed by atoms with Gasteiger partial charge in [0, 0.05) is 10.1 Å². The number of hydrogen-bond acceptors (Lipinski definition) is 2. The maximum Gasteiger partial charge on any atom is 0.0233 e. The van der Waals surface area contributed by atoms with Crippen LogP contribution in [-0.4, -0.2) is 24.5 Å². The molecule has 0 atom stereocenters. The number of rotatable bonds is 4. The molecule has 0 amide bonds. The van der Waals surface area contributed by atoms with Gasteiger partial charge in [0.25, 0.3) is 0 Å². The third-order valence-corrected chi connectivity index (χ3v) is 4.32. The van der Waals surface area contributed by atoms with Crippen LogP contribution in [-0.2, 0) is 6.54 Å². The molecule has 0 aliphatic carbocycles. The van der Waals surface area contributed by atoms with Crippen LogP contribution in [0.5, 0.6) is 0 Å². The van der Waals surface area contributed by atoms with Crippen molar-refractivity contribution in [2.24, 2.45) is 11.7 Å². The Morgan fingerprint density at radius 1 is 1.18 bits per heavy atom. The second-order valence-electron chi connectivity index (χ2n) is 4.92. The van der Waals surface area contributed by atoms with E-state index in [-0.39, 0.29) is 0 Å². The average Bonchev–Trinajstić information content (AvgIpc) is 2.35. The van der Waals surface area contributed by atoms with Crippen molar-refractivity contribution in [3.63, 3.8) is 0 Å². The lowest BCUT2D eigenvalue weighted by Gasteiger charge is -2.31. The summed E-state index contributed by atoms with van der Waals surface area (Å²) in [6, 6.07) is 8.87. The van der Waals surface area contributed by atoms with Gasteiger partial charge < -0.3 is 5.73 Å². The van der Waals surface area contributed by atoms with Crippen LogP contribution in [0.3, 0.4) is 0 Å².